The zero-order chi connectivity index (χ0) is 15.6. The van der Waals surface area contributed by atoms with Crippen molar-refractivity contribution in [2.24, 2.45) is 0 Å². The first-order valence-corrected chi connectivity index (χ1v) is 6.58. The minimum Gasteiger partial charge on any atom is -0.388 e. The number of rotatable bonds is 3. The van der Waals surface area contributed by atoms with Crippen LogP contribution in [0.3, 0.4) is 0 Å². The number of halogens is 3. The highest BCUT2D eigenvalue weighted by molar-refractivity contribution is 5.94. The van der Waals surface area contributed by atoms with Crippen molar-refractivity contribution in [1.82, 2.24) is 4.90 Å². The summed E-state index contributed by atoms with van der Waals surface area (Å²) >= 11 is 0. The quantitative estimate of drug-likeness (QED) is 0.928. The predicted octanol–water partition coefficient (Wildman–Crippen LogP) is 1.93. The maximum Gasteiger partial charge on any atom is 0.416 e. The van der Waals surface area contributed by atoms with Gasteiger partial charge < -0.3 is 14.7 Å². The van der Waals surface area contributed by atoms with E-state index in [4.69, 9.17) is 4.74 Å². The van der Waals surface area contributed by atoms with Crippen molar-refractivity contribution >= 4 is 5.91 Å². The van der Waals surface area contributed by atoms with E-state index in [0.29, 0.717) is 6.54 Å². The standard InChI is InChI=1S/C14H16F3NO3/c1-2-18(11-7-21-8-12(11)19)13(20)9-3-5-10(6-4-9)14(15,16)17/h3-6,11-12,19H,2,7-8H2,1H3/t11-,12-/m1/s1. The van der Waals surface area contributed by atoms with Crippen molar-refractivity contribution in [3.05, 3.63) is 35.4 Å². The van der Waals surface area contributed by atoms with Crippen LogP contribution < -0.4 is 0 Å². The maximum atomic E-state index is 12.5. The summed E-state index contributed by atoms with van der Waals surface area (Å²) in [7, 11) is 0. The van der Waals surface area contributed by atoms with Crippen molar-refractivity contribution in [2.75, 3.05) is 19.8 Å². The molecule has 116 valence electrons. The summed E-state index contributed by atoms with van der Waals surface area (Å²) < 4.78 is 42.6. The van der Waals surface area contributed by atoms with Gasteiger partial charge in [-0.1, -0.05) is 0 Å². The van der Waals surface area contributed by atoms with Gasteiger partial charge in [0.15, 0.2) is 0 Å². The molecule has 1 fully saturated rings. The zero-order valence-corrected chi connectivity index (χ0v) is 11.4. The molecule has 1 aliphatic heterocycles. The van der Waals surface area contributed by atoms with Gasteiger partial charge in [0.1, 0.15) is 0 Å². The Balaban J connectivity index is 2.18. The summed E-state index contributed by atoms with van der Waals surface area (Å²) in [5.74, 6) is -0.416. The maximum absolute atomic E-state index is 12.5. The van der Waals surface area contributed by atoms with E-state index in [2.05, 4.69) is 0 Å². The van der Waals surface area contributed by atoms with E-state index in [1.54, 1.807) is 6.92 Å². The third-order valence-electron chi connectivity index (χ3n) is 3.48. The van der Waals surface area contributed by atoms with Crippen LogP contribution in [0, 0.1) is 0 Å². The van der Waals surface area contributed by atoms with E-state index < -0.39 is 29.8 Å². The van der Waals surface area contributed by atoms with Crippen molar-refractivity contribution in [3.8, 4) is 0 Å². The molecular formula is C14H16F3NO3. The Morgan fingerprint density at radius 2 is 1.95 bits per heavy atom. The van der Waals surface area contributed by atoms with E-state index in [0.717, 1.165) is 24.3 Å². The molecule has 2 rings (SSSR count). The fourth-order valence-corrected chi connectivity index (χ4v) is 2.33. The molecule has 0 aromatic heterocycles. The first-order valence-electron chi connectivity index (χ1n) is 6.58. The van der Waals surface area contributed by atoms with Gasteiger partial charge in [-0.3, -0.25) is 4.79 Å². The zero-order valence-electron chi connectivity index (χ0n) is 11.4. The van der Waals surface area contributed by atoms with Gasteiger partial charge in [0.05, 0.1) is 30.9 Å². The molecule has 1 amide bonds. The number of likely N-dealkylation sites (N-methyl/N-ethyl adjacent to an activating group) is 1. The van der Waals surface area contributed by atoms with Crippen LogP contribution in [0.25, 0.3) is 0 Å². The molecule has 4 nitrogen and oxygen atoms in total. The highest BCUT2D eigenvalue weighted by atomic mass is 19.4. The van der Waals surface area contributed by atoms with Crippen LogP contribution in [0.15, 0.2) is 24.3 Å². The second kappa shape index (κ2) is 6.03. The van der Waals surface area contributed by atoms with Gasteiger partial charge in [-0.05, 0) is 31.2 Å². The van der Waals surface area contributed by atoms with Gasteiger partial charge in [-0.2, -0.15) is 13.2 Å². The van der Waals surface area contributed by atoms with Crippen LogP contribution in [0.4, 0.5) is 13.2 Å². The lowest BCUT2D eigenvalue weighted by Gasteiger charge is -2.28. The van der Waals surface area contributed by atoms with Crippen LogP contribution >= 0.6 is 0 Å². The normalized spacial score (nSPS) is 22.3. The Kier molecular flexibility index (Phi) is 4.53. The van der Waals surface area contributed by atoms with Gasteiger partial charge in [-0.25, -0.2) is 0 Å². The predicted molar refractivity (Wildman–Crippen MR) is 68.8 cm³/mol. The summed E-state index contributed by atoms with van der Waals surface area (Å²) in [5, 5.41) is 9.77. The highest BCUT2D eigenvalue weighted by Crippen LogP contribution is 2.29. The number of carbonyl (C=O) groups is 1. The molecule has 1 aliphatic rings. The molecular weight excluding hydrogens is 287 g/mol. The summed E-state index contributed by atoms with van der Waals surface area (Å²) in [6, 6.07) is 3.59. The van der Waals surface area contributed by atoms with Gasteiger partial charge in [0, 0.05) is 12.1 Å². The third kappa shape index (κ3) is 3.36. The monoisotopic (exact) mass is 303 g/mol. The van der Waals surface area contributed by atoms with E-state index in [1.165, 1.54) is 4.90 Å². The molecule has 2 atom stereocenters. The van der Waals surface area contributed by atoms with Gasteiger partial charge in [-0.15, -0.1) is 0 Å². The van der Waals surface area contributed by atoms with Crippen LogP contribution in [0.1, 0.15) is 22.8 Å². The number of benzene rings is 1. The SMILES string of the molecule is CCN(C(=O)c1ccc(C(F)(F)F)cc1)[C@@H]1COC[C@H]1O. The molecule has 21 heavy (non-hydrogen) atoms. The van der Waals surface area contributed by atoms with Crippen molar-refractivity contribution in [1.29, 1.82) is 0 Å². The number of hydrogen-bond acceptors (Lipinski definition) is 3. The molecule has 0 aliphatic carbocycles. The molecule has 1 aromatic carbocycles. The third-order valence-corrected chi connectivity index (χ3v) is 3.48. The van der Waals surface area contributed by atoms with Crippen molar-refractivity contribution in [3.63, 3.8) is 0 Å². The molecule has 1 N–H and O–H groups in total. The molecule has 1 saturated heterocycles. The van der Waals surface area contributed by atoms with Crippen LogP contribution in [0.2, 0.25) is 0 Å². The molecule has 0 unspecified atom stereocenters. The number of aliphatic hydroxyl groups excluding tert-OH is 1. The van der Waals surface area contributed by atoms with E-state index in [-0.39, 0.29) is 18.8 Å². The lowest BCUT2D eigenvalue weighted by atomic mass is 10.1. The molecule has 0 radical (unpaired) electrons. The number of aliphatic hydroxyl groups is 1. The summed E-state index contributed by atoms with van der Waals surface area (Å²) in [5.41, 5.74) is -0.643. The molecule has 1 heterocycles. The molecule has 0 bridgehead atoms. The second-order valence-electron chi connectivity index (χ2n) is 4.84. The molecule has 0 saturated carbocycles. The number of carbonyl (C=O) groups excluding carboxylic acids is 1. The lowest BCUT2D eigenvalue weighted by molar-refractivity contribution is -0.137. The Morgan fingerprint density at radius 1 is 1.33 bits per heavy atom. The Hall–Kier alpha value is -1.60. The fraction of sp³-hybridized carbons (Fsp3) is 0.500. The van der Waals surface area contributed by atoms with E-state index in [9.17, 15) is 23.1 Å². The van der Waals surface area contributed by atoms with E-state index >= 15 is 0 Å². The van der Waals surface area contributed by atoms with E-state index in [1.807, 2.05) is 0 Å². The smallest absolute Gasteiger partial charge is 0.388 e. The summed E-state index contributed by atoms with van der Waals surface area (Å²) in [6.07, 6.45) is -5.20. The lowest BCUT2D eigenvalue weighted by Crippen LogP contribution is -2.46. The second-order valence-corrected chi connectivity index (χ2v) is 4.84. The van der Waals surface area contributed by atoms with Crippen LogP contribution in [0.5, 0.6) is 0 Å². The highest BCUT2D eigenvalue weighted by Gasteiger charge is 2.35. The van der Waals surface area contributed by atoms with Crippen LogP contribution in [-0.2, 0) is 10.9 Å². The molecule has 0 spiro atoms. The van der Waals surface area contributed by atoms with Crippen LogP contribution in [-0.4, -0.2) is 47.8 Å². The largest absolute Gasteiger partial charge is 0.416 e. The topological polar surface area (TPSA) is 49.8 Å². The number of hydrogen-bond donors (Lipinski definition) is 1. The van der Waals surface area contributed by atoms with Gasteiger partial charge in [0.2, 0.25) is 0 Å². The number of amides is 1. The first-order chi connectivity index (χ1) is 9.84. The van der Waals surface area contributed by atoms with Gasteiger partial charge >= 0.3 is 6.18 Å². The Morgan fingerprint density at radius 3 is 2.38 bits per heavy atom. The summed E-state index contributed by atoms with van der Waals surface area (Å²) in [4.78, 5) is 13.8. The Bertz CT molecular complexity index is 501. The minimum atomic E-state index is -4.43. The van der Waals surface area contributed by atoms with Gasteiger partial charge in [0.25, 0.3) is 5.91 Å². The fourth-order valence-electron chi connectivity index (χ4n) is 2.33. The number of ether oxygens (including phenoxy) is 1. The average Bonchev–Trinajstić information content (AvgIpc) is 2.85. The first kappa shape index (κ1) is 15.8. The minimum absolute atomic E-state index is 0.154. The Labute approximate surface area is 120 Å². The van der Waals surface area contributed by atoms with Crippen molar-refractivity contribution < 1.29 is 27.8 Å². The summed E-state index contributed by atoms with van der Waals surface area (Å²) in [6.45, 7) is 2.46. The molecule has 7 heteroatoms. The van der Waals surface area contributed by atoms with Crippen molar-refractivity contribution in [2.45, 2.75) is 25.2 Å². The number of nitrogens with zero attached hydrogens (tertiary/aromatic N) is 1. The number of alkyl halides is 3. The average molecular weight is 303 g/mol. The molecule has 1 aromatic rings.